The molecule has 3 rings (SSSR count). The predicted molar refractivity (Wildman–Crippen MR) is 95.1 cm³/mol. The fourth-order valence-corrected chi connectivity index (χ4v) is 3.29. The molecule has 0 bridgehead atoms. The van der Waals surface area contributed by atoms with Gasteiger partial charge in [0, 0.05) is 57.6 Å². The van der Waals surface area contributed by atoms with E-state index in [4.69, 9.17) is 0 Å². The van der Waals surface area contributed by atoms with Gasteiger partial charge in [0.15, 0.2) is 0 Å². The number of piperidine rings is 1. The SMILES string of the molecule is CC(=O)N(C)C1CCN(C(=O)c2cccc(Cn3ccnc3)c2)CC1. The van der Waals surface area contributed by atoms with Crippen molar-refractivity contribution in [1.82, 2.24) is 19.4 Å². The summed E-state index contributed by atoms with van der Waals surface area (Å²) < 4.78 is 1.98. The summed E-state index contributed by atoms with van der Waals surface area (Å²) in [5.74, 6) is 0.147. The summed E-state index contributed by atoms with van der Waals surface area (Å²) in [5.41, 5.74) is 1.80. The monoisotopic (exact) mass is 340 g/mol. The number of imidazole rings is 1. The number of benzene rings is 1. The Labute approximate surface area is 148 Å². The van der Waals surface area contributed by atoms with Crippen molar-refractivity contribution < 1.29 is 9.59 Å². The van der Waals surface area contributed by atoms with Crippen LogP contribution < -0.4 is 0 Å². The molecule has 0 atom stereocenters. The molecule has 6 nitrogen and oxygen atoms in total. The van der Waals surface area contributed by atoms with Crippen LogP contribution in [-0.4, -0.2) is 57.3 Å². The van der Waals surface area contributed by atoms with Crippen molar-refractivity contribution in [3.8, 4) is 0 Å². The molecule has 0 radical (unpaired) electrons. The quantitative estimate of drug-likeness (QED) is 0.855. The van der Waals surface area contributed by atoms with Crippen molar-refractivity contribution in [3.63, 3.8) is 0 Å². The Balaban J connectivity index is 1.63. The third-order valence-electron chi connectivity index (χ3n) is 4.89. The molecule has 1 aromatic carbocycles. The van der Waals surface area contributed by atoms with Crippen LogP contribution in [0.25, 0.3) is 0 Å². The van der Waals surface area contributed by atoms with Gasteiger partial charge in [-0.15, -0.1) is 0 Å². The molecule has 25 heavy (non-hydrogen) atoms. The van der Waals surface area contributed by atoms with Gasteiger partial charge in [-0.1, -0.05) is 12.1 Å². The van der Waals surface area contributed by atoms with Gasteiger partial charge in [-0.2, -0.15) is 0 Å². The molecule has 1 aliphatic heterocycles. The zero-order valence-corrected chi connectivity index (χ0v) is 14.8. The lowest BCUT2D eigenvalue weighted by Gasteiger charge is -2.36. The molecule has 2 amide bonds. The third kappa shape index (κ3) is 4.07. The van der Waals surface area contributed by atoms with Crippen LogP contribution in [0.3, 0.4) is 0 Å². The maximum absolute atomic E-state index is 12.8. The van der Waals surface area contributed by atoms with Gasteiger partial charge >= 0.3 is 0 Å². The minimum absolute atomic E-state index is 0.0661. The number of rotatable bonds is 4. The van der Waals surface area contributed by atoms with Crippen molar-refractivity contribution in [3.05, 3.63) is 54.1 Å². The number of likely N-dealkylation sites (tertiary alicyclic amines) is 1. The molecule has 6 heteroatoms. The van der Waals surface area contributed by atoms with Crippen LogP contribution in [0, 0.1) is 0 Å². The average Bonchev–Trinajstić information content (AvgIpc) is 3.13. The van der Waals surface area contributed by atoms with Crippen LogP contribution in [-0.2, 0) is 11.3 Å². The lowest BCUT2D eigenvalue weighted by atomic mass is 10.0. The highest BCUT2D eigenvalue weighted by Crippen LogP contribution is 2.18. The highest BCUT2D eigenvalue weighted by molar-refractivity contribution is 5.94. The van der Waals surface area contributed by atoms with Crippen LogP contribution in [0.4, 0.5) is 0 Å². The summed E-state index contributed by atoms with van der Waals surface area (Å²) in [4.78, 5) is 32.0. The Bertz CT molecular complexity index is 734. The maximum Gasteiger partial charge on any atom is 0.253 e. The molecule has 0 aliphatic carbocycles. The highest BCUT2D eigenvalue weighted by atomic mass is 16.2. The topological polar surface area (TPSA) is 58.4 Å². The summed E-state index contributed by atoms with van der Waals surface area (Å²) in [7, 11) is 1.84. The van der Waals surface area contributed by atoms with Crippen LogP contribution in [0.5, 0.6) is 0 Å². The molecular weight excluding hydrogens is 316 g/mol. The molecule has 1 aromatic heterocycles. The van der Waals surface area contributed by atoms with Crippen LogP contribution in [0.2, 0.25) is 0 Å². The number of carbonyl (C=O) groups is 2. The molecule has 1 fully saturated rings. The van der Waals surface area contributed by atoms with E-state index in [9.17, 15) is 9.59 Å². The second-order valence-electron chi connectivity index (χ2n) is 6.59. The van der Waals surface area contributed by atoms with Crippen molar-refractivity contribution in [2.45, 2.75) is 32.4 Å². The Kier molecular flexibility index (Phi) is 5.16. The van der Waals surface area contributed by atoms with E-state index in [2.05, 4.69) is 4.98 Å². The minimum Gasteiger partial charge on any atom is -0.343 e. The highest BCUT2D eigenvalue weighted by Gasteiger charge is 2.26. The van der Waals surface area contributed by atoms with Gasteiger partial charge in [-0.25, -0.2) is 4.98 Å². The second-order valence-corrected chi connectivity index (χ2v) is 6.59. The molecule has 2 heterocycles. The van der Waals surface area contributed by atoms with E-state index in [0.29, 0.717) is 19.6 Å². The molecule has 132 valence electrons. The van der Waals surface area contributed by atoms with Crippen LogP contribution in [0.15, 0.2) is 43.0 Å². The zero-order valence-electron chi connectivity index (χ0n) is 14.8. The summed E-state index contributed by atoms with van der Waals surface area (Å²) in [6, 6.07) is 8.00. The Morgan fingerprint density at radius 3 is 2.68 bits per heavy atom. The van der Waals surface area contributed by atoms with Crippen molar-refractivity contribution in [2.24, 2.45) is 0 Å². The van der Waals surface area contributed by atoms with Gasteiger partial charge in [0.1, 0.15) is 0 Å². The van der Waals surface area contributed by atoms with E-state index in [1.165, 1.54) is 0 Å². The standard InChI is InChI=1S/C19H24N4O2/c1-15(24)21(2)18-6-9-23(10-7-18)19(25)17-5-3-4-16(12-17)13-22-11-8-20-14-22/h3-5,8,11-12,14,18H,6-7,9-10,13H2,1-2H3. The predicted octanol–water partition coefficient (Wildman–Crippen LogP) is 2.01. The molecule has 1 saturated heterocycles. The van der Waals surface area contributed by atoms with Crippen LogP contribution >= 0.6 is 0 Å². The summed E-state index contributed by atoms with van der Waals surface area (Å²) in [6.45, 7) is 3.66. The smallest absolute Gasteiger partial charge is 0.253 e. The summed E-state index contributed by atoms with van der Waals surface area (Å²) >= 11 is 0. The molecule has 0 unspecified atom stereocenters. The first-order chi connectivity index (χ1) is 12.0. The van der Waals surface area contributed by atoms with Gasteiger partial charge in [0.25, 0.3) is 5.91 Å². The van der Waals surface area contributed by atoms with Crippen LogP contribution in [0.1, 0.15) is 35.7 Å². The Morgan fingerprint density at radius 1 is 1.28 bits per heavy atom. The Hall–Kier alpha value is -2.63. The number of hydrogen-bond acceptors (Lipinski definition) is 3. The van der Waals surface area contributed by atoms with Gasteiger partial charge in [0.2, 0.25) is 5.91 Å². The van der Waals surface area contributed by atoms with E-state index in [1.54, 1.807) is 24.3 Å². The van der Waals surface area contributed by atoms with Crippen molar-refractivity contribution in [2.75, 3.05) is 20.1 Å². The largest absolute Gasteiger partial charge is 0.343 e. The fraction of sp³-hybridized carbons (Fsp3) is 0.421. The van der Waals surface area contributed by atoms with E-state index in [-0.39, 0.29) is 17.9 Å². The first-order valence-electron chi connectivity index (χ1n) is 8.62. The number of aromatic nitrogens is 2. The van der Waals surface area contributed by atoms with E-state index < -0.39 is 0 Å². The number of nitrogens with zero attached hydrogens (tertiary/aromatic N) is 4. The first kappa shape index (κ1) is 17.2. The molecule has 0 saturated carbocycles. The average molecular weight is 340 g/mol. The molecule has 1 aliphatic rings. The zero-order chi connectivity index (χ0) is 17.8. The van der Waals surface area contributed by atoms with Crippen molar-refractivity contribution >= 4 is 11.8 Å². The van der Waals surface area contributed by atoms with E-state index >= 15 is 0 Å². The molecule has 0 spiro atoms. The molecule has 2 aromatic rings. The number of carbonyl (C=O) groups excluding carboxylic acids is 2. The van der Waals surface area contributed by atoms with Gasteiger partial charge in [-0.05, 0) is 30.5 Å². The molecule has 0 N–H and O–H groups in total. The fourth-order valence-electron chi connectivity index (χ4n) is 3.29. The minimum atomic E-state index is 0.0661. The second kappa shape index (κ2) is 7.51. The third-order valence-corrected chi connectivity index (χ3v) is 4.89. The first-order valence-corrected chi connectivity index (χ1v) is 8.62. The summed E-state index contributed by atoms with van der Waals surface area (Å²) in [5, 5.41) is 0. The van der Waals surface area contributed by atoms with E-state index in [0.717, 1.165) is 24.0 Å². The van der Waals surface area contributed by atoms with Gasteiger partial charge in [-0.3, -0.25) is 9.59 Å². The van der Waals surface area contributed by atoms with Crippen molar-refractivity contribution in [1.29, 1.82) is 0 Å². The molecular formula is C19H24N4O2. The lowest BCUT2D eigenvalue weighted by molar-refractivity contribution is -0.130. The summed E-state index contributed by atoms with van der Waals surface area (Å²) in [6.07, 6.45) is 7.08. The Morgan fingerprint density at radius 2 is 2.04 bits per heavy atom. The normalized spacial score (nSPS) is 15.2. The number of hydrogen-bond donors (Lipinski definition) is 0. The number of amides is 2. The van der Waals surface area contributed by atoms with Gasteiger partial charge in [0.05, 0.1) is 6.33 Å². The maximum atomic E-state index is 12.8. The lowest BCUT2D eigenvalue weighted by Crippen LogP contribution is -2.46. The van der Waals surface area contributed by atoms with E-state index in [1.807, 2.05) is 47.0 Å². The van der Waals surface area contributed by atoms with Gasteiger partial charge < -0.3 is 14.4 Å².